The average molecular weight is 350 g/mol. The van der Waals surface area contributed by atoms with Crippen LogP contribution in [0.1, 0.15) is 31.4 Å². The fourth-order valence-corrected chi connectivity index (χ4v) is 3.66. The third-order valence-electron chi connectivity index (χ3n) is 4.22. The fraction of sp³-hybridized carbons (Fsp3) is 0.238. The predicted octanol–water partition coefficient (Wildman–Crippen LogP) is 5.40. The second-order valence-corrected chi connectivity index (χ2v) is 7.19. The number of rotatable bonds is 4. The van der Waals surface area contributed by atoms with Crippen molar-refractivity contribution in [3.8, 4) is 0 Å². The van der Waals surface area contributed by atoms with Gasteiger partial charge < -0.3 is 0 Å². The second kappa shape index (κ2) is 7.70. The van der Waals surface area contributed by atoms with Crippen LogP contribution < -0.4 is 0 Å². The van der Waals surface area contributed by atoms with E-state index in [4.69, 9.17) is 4.99 Å². The molecule has 1 heterocycles. The lowest BCUT2D eigenvalue weighted by Crippen LogP contribution is -2.36. The average Bonchev–Trinajstić information content (AvgIpc) is 2.92. The van der Waals surface area contributed by atoms with Crippen LogP contribution in [0.15, 0.2) is 64.5 Å². The Labute approximate surface area is 153 Å². The van der Waals surface area contributed by atoms with Gasteiger partial charge in [0.2, 0.25) is 0 Å². The second-order valence-electron chi connectivity index (χ2n) is 6.18. The Hall–Kier alpha value is -2.33. The van der Waals surface area contributed by atoms with Crippen molar-refractivity contribution in [1.82, 2.24) is 4.90 Å². The molecule has 1 atom stereocenters. The number of hydrogen-bond acceptors (Lipinski definition) is 3. The van der Waals surface area contributed by atoms with E-state index in [0.29, 0.717) is 0 Å². The van der Waals surface area contributed by atoms with Gasteiger partial charge in [-0.25, -0.2) is 4.99 Å². The molecule has 3 nitrogen and oxygen atoms in total. The first-order valence-corrected chi connectivity index (χ1v) is 9.33. The van der Waals surface area contributed by atoms with Gasteiger partial charge in [0, 0.05) is 6.04 Å². The van der Waals surface area contributed by atoms with E-state index in [1.165, 1.54) is 17.3 Å². The zero-order valence-corrected chi connectivity index (χ0v) is 15.6. The molecule has 2 aromatic rings. The van der Waals surface area contributed by atoms with E-state index in [0.717, 1.165) is 27.7 Å². The zero-order valence-electron chi connectivity index (χ0n) is 14.8. The molecule has 0 radical (unpaired) electrons. The van der Waals surface area contributed by atoms with Crippen LogP contribution in [0.25, 0.3) is 6.08 Å². The number of aryl methyl sites for hydroxylation is 1. The molecule has 0 N–H and O–H groups in total. The largest absolute Gasteiger partial charge is 0.284 e. The highest BCUT2D eigenvalue weighted by atomic mass is 32.2. The first-order valence-electron chi connectivity index (χ1n) is 8.52. The van der Waals surface area contributed by atoms with Gasteiger partial charge in [-0.2, -0.15) is 0 Å². The number of aliphatic imine (C=N–C) groups is 1. The Balaban J connectivity index is 1.97. The molecular weight excluding hydrogens is 328 g/mol. The standard InChI is InChI=1S/C21H22N2OS/c1-4-16(3)23-20(24)19(14-17-8-6-5-7-9-17)25-21(23)22-18-12-10-15(2)11-13-18/h5-14,16H,4H2,1-3H3/b19-14+,22-21?/t16-/m0/s1. The van der Waals surface area contributed by atoms with E-state index in [2.05, 4.69) is 20.8 Å². The van der Waals surface area contributed by atoms with Crippen LogP contribution in [-0.2, 0) is 4.79 Å². The number of carbonyl (C=O) groups is 1. The minimum Gasteiger partial charge on any atom is -0.284 e. The van der Waals surface area contributed by atoms with Crippen molar-refractivity contribution in [1.29, 1.82) is 0 Å². The summed E-state index contributed by atoms with van der Waals surface area (Å²) in [5.74, 6) is 0.0362. The van der Waals surface area contributed by atoms with Gasteiger partial charge in [0.15, 0.2) is 5.17 Å². The van der Waals surface area contributed by atoms with Crippen molar-refractivity contribution >= 4 is 34.6 Å². The monoisotopic (exact) mass is 350 g/mol. The van der Waals surface area contributed by atoms with E-state index in [-0.39, 0.29) is 11.9 Å². The Morgan fingerprint density at radius 2 is 1.80 bits per heavy atom. The van der Waals surface area contributed by atoms with Crippen molar-refractivity contribution in [2.45, 2.75) is 33.2 Å². The molecule has 1 aliphatic rings. The molecule has 0 aliphatic carbocycles. The van der Waals surface area contributed by atoms with E-state index >= 15 is 0 Å². The third-order valence-corrected chi connectivity index (χ3v) is 5.21. The van der Waals surface area contributed by atoms with Gasteiger partial charge in [-0.1, -0.05) is 55.0 Å². The van der Waals surface area contributed by atoms with Gasteiger partial charge >= 0.3 is 0 Å². The van der Waals surface area contributed by atoms with Crippen molar-refractivity contribution in [3.63, 3.8) is 0 Å². The Morgan fingerprint density at radius 3 is 2.44 bits per heavy atom. The molecule has 0 aromatic heterocycles. The lowest BCUT2D eigenvalue weighted by atomic mass is 10.2. The van der Waals surface area contributed by atoms with Crippen molar-refractivity contribution in [3.05, 3.63) is 70.6 Å². The summed E-state index contributed by atoms with van der Waals surface area (Å²) in [5.41, 5.74) is 3.09. The Morgan fingerprint density at radius 1 is 1.12 bits per heavy atom. The molecule has 0 bridgehead atoms. The Bertz CT molecular complexity index is 810. The van der Waals surface area contributed by atoms with E-state index in [9.17, 15) is 4.79 Å². The SMILES string of the molecule is CC[C@H](C)N1C(=O)/C(=C\c2ccccc2)SC1=Nc1ccc(C)cc1. The highest BCUT2D eigenvalue weighted by Crippen LogP contribution is 2.35. The summed E-state index contributed by atoms with van der Waals surface area (Å²) < 4.78 is 0. The predicted molar refractivity (Wildman–Crippen MR) is 107 cm³/mol. The topological polar surface area (TPSA) is 32.7 Å². The lowest BCUT2D eigenvalue weighted by Gasteiger charge is -2.22. The van der Waals surface area contributed by atoms with Crippen LogP contribution in [0.3, 0.4) is 0 Å². The molecular formula is C21H22N2OS. The van der Waals surface area contributed by atoms with Crippen LogP contribution >= 0.6 is 11.8 Å². The molecule has 1 saturated heterocycles. The third kappa shape index (κ3) is 4.02. The van der Waals surface area contributed by atoms with Gasteiger partial charge in [0.25, 0.3) is 5.91 Å². The maximum absolute atomic E-state index is 12.9. The molecule has 1 fully saturated rings. The van der Waals surface area contributed by atoms with Crippen molar-refractivity contribution in [2.75, 3.05) is 0 Å². The molecule has 4 heteroatoms. The molecule has 25 heavy (non-hydrogen) atoms. The summed E-state index contributed by atoms with van der Waals surface area (Å²) in [4.78, 5) is 20.2. The minimum absolute atomic E-state index is 0.0362. The molecule has 0 spiro atoms. The van der Waals surface area contributed by atoms with E-state index < -0.39 is 0 Å². The van der Waals surface area contributed by atoms with Gasteiger partial charge in [0.1, 0.15) is 0 Å². The van der Waals surface area contributed by atoms with Crippen LogP contribution in [0.2, 0.25) is 0 Å². The molecule has 1 amide bonds. The Kier molecular flexibility index (Phi) is 5.39. The molecule has 0 unspecified atom stereocenters. The number of hydrogen-bond donors (Lipinski definition) is 0. The summed E-state index contributed by atoms with van der Waals surface area (Å²) in [7, 11) is 0. The number of amidine groups is 1. The maximum atomic E-state index is 12.9. The molecule has 2 aromatic carbocycles. The number of amides is 1. The zero-order chi connectivity index (χ0) is 17.8. The quantitative estimate of drug-likeness (QED) is 0.692. The smallest absolute Gasteiger partial charge is 0.266 e. The number of carbonyl (C=O) groups excluding carboxylic acids is 1. The molecule has 1 aliphatic heterocycles. The van der Waals surface area contributed by atoms with Crippen LogP contribution in [0.4, 0.5) is 5.69 Å². The van der Waals surface area contributed by atoms with Crippen LogP contribution in [0.5, 0.6) is 0 Å². The van der Waals surface area contributed by atoms with Crippen molar-refractivity contribution < 1.29 is 4.79 Å². The number of nitrogens with zero attached hydrogens (tertiary/aromatic N) is 2. The van der Waals surface area contributed by atoms with Crippen LogP contribution in [-0.4, -0.2) is 22.0 Å². The van der Waals surface area contributed by atoms with Gasteiger partial charge in [-0.3, -0.25) is 9.69 Å². The van der Waals surface area contributed by atoms with Crippen molar-refractivity contribution in [2.24, 2.45) is 4.99 Å². The van der Waals surface area contributed by atoms with E-state index in [1.807, 2.05) is 65.6 Å². The highest BCUT2D eigenvalue weighted by Gasteiger charge is 2.36. The summed E-state index contributed by atoms with van der Waals surface area (Å²) in [6.07, 6.45) is 2.83. The number of benzene rings is 2. The summed E-state index contributed by atoms with van der Waals surface area (Å²) in [6, 6.07) is 18.1. The summed E-state index contributed by atoms with van der Waals surface area (Å²) in [5, 5.41) is 0.755. The molecule has 0 saturated carbocycles. The van der Waals surface area contributed by atoms with Crippen LogP contribution in [0, 0.1) is 6.92 Å². The first-order chi connectivity index (χ1) is 12.1. The highest BCUT2D eigenvalue weighted by molar-refractivity contribution is 8.18. The fourth-order valence-electron chi connectivity index (χ4n) is 2.57. The molecule has 3 rings (SSSR count). The van der Waals surface area contributed by atoms with Gasteiger partial charge in [-0.05, 0) is 55.8 Å². The molecule has 128 valence electrons. The lowest BCUT2D eigenvalue weighted by molar-refractivity contribution is -0.123. The maximum Gasteiger partial charge on any atom is 0.266 e. The number of thioether (sulfide) groups is 1. The first kappa shape index (κ1) is 17.5. The van der Waals surface area contributed by atoms with Gasteiger partial charge in [0.05, 0.1) is 10.6 Å². The van der Waals surface area contributed by atoms with Gasteiger partial charge in [-0.15, -0.1) is 0 Å². The van der Waals surface area contributed by atoms with E-state index in [1.54, 1.807) is 0 Å². The normalized spacial score (nSPS) is 19.0. The summed E-state index contributed by atoms with van der Waals surface area (Å²) in [6.45, 7) is 6.20. The summed E-state index contributed by atoms with van der Waals surface area (Å²) >= 11 is 1.45. The minimum atomic E-state index is 0.0362.